The maximum absolute atomic E-state index is 5.82. The summed E-state index contributed by atoms with van der Waals surface area (Å²) in [7, 11) is 0. The zero-order valence-electron chi connectivity index (χ0n) is 10.5. The van der Waals surface area contributed by atoms with E-state index in [2.05, 4.69) is 48.0 Å². The number of para-hydroxylation sites is 1. The van der Waals surface area contributed by atoms with E-state index in [4.69, 9.17) is 4.74 Å². The molecule has 94 valence electrons. The molecule has 1 unspecified atom stereocenters. The fourth-order valence-corrected chi connectivity index (χ4v) is 3.31. The monoisotopic (exact) mass is 259 g/mol. The standard InChI is InChI=1S/C15H17NOS/c1-2-16-14(13-7-4-10-18-13)12-6-3-5-11-8-9-17-15(11)12/h3-7,10,14,16H,2,8-9H2,1H3. The molecule has 0 saturated carbocycles. The molecule has 3 rings (SSSR count). The van der Waals surface area contributed by atoms with Crippen LogP contribution in [0.4, 0.5) is 0 Å². The van der Waals surface area contributed by atoms with Crippen molar-refractivity contribution in [1.29, 1.82) is 0 Å². The van der Waals surface area contributed by atoms with E-state index in [1.807, 2.05) is 0 Å². The normalized spacial score (nSPS) is 15.2. The molecular weight excluding hydrogens is 242 g/mol. The Balaban J connectivity index is 2.03. The summed E-state index contributed by atoms with van der Waals surface area (Å²) in [6, 6.07) is 11.0. The van der Waals surface area contributed by atoms with Gasteiger partial charge in [-0.05, 0) is 23.6 Å². The van der Waals surface area contributed by atoms with Crippen molar-refractivity contribution in [2.45, 2.75) is 19.4 Å². The van der Waals surface area contributed by atoms with E-state index in [-0.39, 0.29) is 6.04 Å². The predicted molar refractivity (Wildman–Crippen MR) is 75.5 cm³/mol. The number of benzene rings is 1. The molecule has 1 atom stereocenters. The Hall–Kier alpha value is -1.32. The number of nitrogens with one attached hydrogen (secondary N) is 1. The van der Waals surface area contributed by atoms with Crippen LogP contribution in [-0.4, -0.2) is 13.2 Å². The molecule has 18 heavy (non-hydrogen) atoms. The fourth-order valence-electron chi connectivity index (χ4n) is 2.49. The van der Waals surface area contributed by atoms with Gasteiger partial charge < -0.3 is 10.1 Å². The molecule has 3 heteroatoms. The van der Waals surface area contributed by atoms with Crippen molar-refractivity contribution in [3.8, 4) is 5.75 Å². The molecule has 0 radical (unpaired) electrons. The summed E-state index contributed by atoms with van der Waals surface area (Å²) in [6.45, 7) is 3.91. The second-order valence-electron chi connectivity index (χ2n) is 4.44. The number of ether oxygens (including phenoxy) is 1. The van der Waals surface area contributed by atoms with Crippen molar-refractivity contribution in [3.05, 3.63) is 51.7 Å². The lowest BCUT2D eigenvalue weighted by molar-refractivity contribution is 0.351. The van der Waals surface area contributed by atoms with Crippen LogP contribution in [0.1, 0.15) is 29.0 Å². The largest absolute Gasteiger partial charge is 0.493 e. The molecule has 1 aromatic heterocycles. The van der Waals surface area contributed by atoms with Gasteiger partial charge in [-0.25, -0.2) is 0 Å². The van der Waals surface area contributed by atoms with Gasteiger partial charge in [0.15, 0.2) is 0 Å². The SMILES string of the molecule is CCNC(c1cccs1)c1cccc2c1OCC2. The van der Waals surface area contributed by atoms with Gasteiger partial charge in [-0.3, -0.25) is 0 Å². The van der Waals surface area contributed by atoms with Gasteiger partial charge in [-0.2, -0.15) is 0 Å². The Labute approximate surface area is 112 Å². The second-order valence-corrected chi connectivity index (χ2v) is 5.42. The number of rotatable bonds is 4. The summed E-state index contributed by atoms with van der Waals surface area (Å²) in [5.74, 6) is 1.09. The van der Waals surface area contributed by atoms with E-state index < -0.39 is 0 Å². The molecule has 2 aromatic rings. The quantitative estimate of drug-likeness (QED) is 0.909. The van der Waals surface area contributed by atoms with Crippen LogP contribution in [0.3, 0.4) is 0 Å². The van der Waals surface area contributed by atoms with E-state index in [1.165, 1.54) is 16.0 Å². The van der Waals surface area contributed by atoms with Gasteiger partial charge in [-0.1, -0.05) is 31.2 Å². The molecule has 2 heterocycles. The summed E-state index contributed by atoms with van der Waals surface area (Å²) < 4.78 is 5.82. The Morgan fingerprint density at radius 2 is 2.28 bits per heavy atom. The number of hydrogen-bond acceptors (Lipinski definition) is 3. The van der Waals surface area contributed by atoms with E-state index >= 15 is 0 Å². The highest BCUT2D eigenvalue weighted by Gasteiger charge is 2.23. The first kappa shape index (κ1) is 11.8. The first-order valence-electron chi connectivity index (χ1n) is 6.41. The fraction of sp³-hybridized carbons (Fsp3) is 0.333. The third kappa shape index (κ3) is 2.04. The zero-order valence-corrected chi connectivity index (χ0v) is 11.3. The van der Waals surface area contributed by atoms with Gasteiger partial charge >= 0.3 is 0 Å². The van der Waals surface area contributed by atoms with Crippen LogP contribution in [0.5, 0.6) is 5.75 Å². The third-order valence-electron chi connectivity index (χ3n) is 3.29. The van der Waals surface area contributed by atoms with Gasteiger partial charge in [-0.15, -0.1) is 11.3 Å². The highest BCUT2D eigenvalue weighted by atomic mass is 32.1. The highest BCUT2D eigenvalue weighted by molar-refractivity contribution is 7.10. The van der Waals surface area contributed by atoms with Crippen LogP contribution in [0.2, 0.25) is 0 Å². The van der Waals surface area contributed by atoms with E-state index in [0.29, 0.717) is 0 Å². The lowest BCUT2D eigenvalue weighted by Gasteiger charge is -2.19. The molecule has 0 aliphatic carbocycles. The minimum absolute atomic E-state index is 0.253. The smallest absolute Gasteiger partial charge is 0.127 e. The molecule has 0 amide bonds. The Bertz CT molecular complexity index is 521. The van der Waals surface area contributed by atoms with Gasteiger partial charge in [0.25, 0.3) is 0 Å². The molecule has 1 aromatic carbocycles. The Kier molecular flexibility index (Phi) is 3.35. The maximum atomic E-state index is 5.82. The Morgan fingerprint density at radius 1 is 1.33 bits per heavy atom. The summed E-state index contributed by atoms with van der Waals surface area (Å²) >= 11 is 1.79. The van der Waals surface area contributed by atoms with Crippen LogP contribution in [-0.2, 0) is 6.42 Å². The summed E-state index contributed by atoms with van der Waals surface area (Å²) in [4.78, 5) is 1.35. The number of fused-ring (bicyclic) bond motifs is 1. The second kappa shape index (κ2) is 5.12. The van der Waals surface area contributed by atoms with Crippen molar-refractivity contribution < 1.29 is 4.74 Å². The lowest BCUT2D eigenvalue weighted by atomic mass is 10.0. The molecule has 0 fully saturated rings. The average Bonchev–Trinajstić information content (AvgIpc) is 3.06. The highest BCUT2D eigenvalue weighted by Crippen LogP contribution is 2.37. The molecule has 0 saturated heterocycles. The molecule has 1 aliphatic heterocycles. The van der Waals surface area contributed by atoms with Crippen LogP contribution in [0, 0.1) is 0 Å². The minimum atomic E-state index is 0.253. The van der Waals surface area contributed by atoms with Crippen LogP contribution in [0.25, 0.3) is 0 Å². The topological polar surface area (TPSA) is 21.3 Å². The molecule has 2 nitrogen and oxygen atoms in total. The van der Waals surface area contributed by atoms with Crippen molar-refractivity contribution >= 4 is 11.3 Å². The van der Waals surface area contributed by atoms with Gasteiger partial charge in [0.1, 0.15) is 5.75 Å². The first-order chi connectivity index (χ1) is 8.90. The summed E-state index contributed by atoms with van der Waals surface area (Å²) in [6.07, 6.45) is 1.03. The van der Waals surface area contributed by atoms with E-state index in [9.17, 15) is 0 Å². The van der Waals surface area contributed by atoms with E-state index in [1.54, 1.807) is 11.3 Å². The van der Waals surface area contributed by atoms with E-state index in [0.717, 1.165) is 25.3 Å². The molecule has 0 spiro atoms. The van der Waals surface area contributed by atoms with Crippen LogP contribution in [0.15, 0.2) is 35.7 Å². The molecule has 0 bridgehead atoms. The average molecular weight is 259 g/mol. The summed E-state index contributed by atoms with van der Waals surface area (Å²) in [5, 5.41) is 5.69. The first-order valence-corrected chi connectivity index (χ1v) is 7.29. The number of thiophene rings is 1. The Morgan fingerprint density at radius 3 is 3.06 bits per heavy atom. The lowest BCUT2D eigenvalue weighted by Crippen LogP contribution is -2.21. The van der Waals surface area contributed by atoms with Crippen molar-refractivity contribution in [2.75, 3.05) is 13.2 Å². The van der Waals surface area contributed by atoms with Crippen molar-refractivity contribution in [3.63, 3.8) is 0 Å². The van der Waals surface area contributed by atoms with Crippen molar-refractivity contribution in [1.82, 2.24) is 5.32 Å². The molecule has 1 aliphatic rings. The zero-order chi connectivity index (χ0) is 12.4. The maximum Gasteiger partial charge on any atom is 0.127 e. The van der Waals surface area contributed by atoms with Crippen molar-refractivity contribution in [2.24, 2.45) is 0 Å². The predicted octanol–water partition coefficient (Wildman–Crippen LogP) is 3.38. The third-order valence-corrected chi connectivity index (χ3v) is 4.23. The van der Waals surface area contributed by atoms with Gasteiger partial charge in [0.05, 0.1) is 12.6 Å². The molecule has 1 N–H and O–H groups in total. The summed E-state index contributed by atoms with van der Waals surface area (Å²) in [5.41, 5.74) is 2.61. The van der Waals surface area contributed by atoms with Crippen LogP contribution >= 0.6 is 11.3 Å². The van der Waals surface area contributed by atoms with Gasteiger partial charge in [0, 0.05) is 16.9 Å². The minimum Gasteiger partial charge on any atom is -0.493 e. The van der Waals surface area contributed by atoms with Crippen LogP contribution < -0.4 is 10.1 Å². The van der Waals surface area contributed by atoms with Gasteiger partial charge in [0.2, 0.25) is 0 Å². The molecular formula is C15H17NOS. The number of hydrogen-bond donors (Lipinski definition) is 1.